The molecule has 1 saturated heterocycles. The van der Waals surface area contributed by atoms with Crippen LogP contribution in [0.2, 0.25) is 0 Å². The van der Waals surface area contributed by atoms with Gasteiger partial charge in [0, 0.05) is 25.7 Å². The quantitative estimate of drug-likeness (QED) is 0.876. The summed E-state index contributed by atoms with van der Waals surface area (Å²) in [6.07, 6.45) is 1.22. The summed E-state index contributed by atoms with van der Waals surface area (Å²) in [4.78, 5) is 2.69. The third-order valence-electron chi connectivity index (χ3n) is 5.63. The van der Waals surface area contributed by atoms with Gasteiger partial charge in [-0.1, -0.05) is 80.9 Å². The summed E-state index contributed by atoms with van der Waals surface area (Å²) in [6, 6.07) is 22.3. The fourth-order valence-corrected chi connectivity index (χ4v) is 3.86. The SMILES string of the molecule is CCC(C)C1CNC(C)(c2ccccc2)CN1Cc1ccccc1. The predicted octanol–water partition coefficient (Wildman–Crippen LogP) is 4.42. The van der Waals surface area contributed by atoms with Crippen LogP contribution in [0.3, 0.4) is 0 Å². The smallest absolute Gasteiger partial charge is 0.0535 e. The second-order valence-electron chi connectivity index (χ2n) is 7.42. The van der Waals surface area contributed by atoms with E-state index in [-0.39, 0.29) is 5.54 Å². The van der Waals surface area contributed by atoms with Gasteiger partial charge in [0.25, 0.3) is 0 Å². The molecule has 2 heteroatoms. The average Bonchev–Trinajstić information content (AvgIpc) is 2.63. The Morgan fingerprint density at radius 1 is 1.08 bits per heavy atom. The minimum atomic E-state index is 0.0139. The largest absolute Gasteiger partial charge is 0.305 e. The van der Waals surface area contributed by atoms with Crippen LogP contribution in [0.4, 0.5) is 0 Å². The standard InChI is InChI=1S/C22H30N2/c1-4-18(2)21-15-23-22(3,20-13-9-6-10-14-20)17-24(21)16-19-11-7-5-8-12-19/h5-14,18,21,23H,4,15-17H2,1-3H3. The van der Waals surface area contributed by atoms with Gasteiger partial charge in [0.15, 0.2) is 0 Å². The molecule has 0 spiro atoms. The van der Waals surface area contributed by atoms with E-state index >= 15 is 0 Å². The minimum absolute atomic E-state index is 0.0139. The molecule has 0 radical (unpaired) electrons. The molecule has 1 heterocycles. The maximum Gasteiger partial charge on any atom is 0.0535 e. The zero-order chi connectivity index (χ0) is 17.0. The molecule has 0 bridgehead atoms. The van der Waals surface area contributed by atoms with Crippen molar-refractivity contribution in [2.45, 2.75) is 45.3 Å². The highest BCUT2D eigenvalue weighted by Crippen LogP contribution is 2.30. The van der Waals surface area contributed by atoms with Crippen LogP contribution < -0.4 is 5.32 Å². The number of piperazine rings is 1. The molecule has 0 amide bonds. The van der Waals surface area contributed by atoms with E-state index in [1.54, 1.807) is 0 Å². The van der Waals surface area contributed by atoms with Crippen molar-refractivity contribution in [2.75, 3.05) is 13.1 Å². The topological polar surface area (TPSA) is 15.3 Å². The van der Waals surface area contributed by atoms with Crippen molar-refractivity contribution in [1.82, 2.24) is 10.2 Å². The molecule has 3 atom stereocenters. The Hall–Kier alpha value is -1.64. The third kappa shape index (κ3) is 3.71. The molecule has 3 unspecified atom stereocenters. The van der Waals surface area contributed by atoms with Crippen LogP contribution in [-0.4, -0.2) is 24.0 Å². The second-order valence-corrected chi connectivity index (χ2v) is 7.42. The number of nitrogens with one attached hydrogen (secondary N) is 1. The van der Waals surface area contributed by atoms with E-state index in [4.69, 9.17) is 0 Å². The Morgan fingerprint density at radius 3 is 2.33 bits per heavy atom. The molecule has 1 fully saturated rings. The number of benzene rings is 2. The molecule has 2 nitrogen and oxygen atoms in total. The zero-order valence-electron chi connectivity index (χ0n) is 15.2. The molecule has 1 N–H and O–H groups in total. The lowest BCUT2D eigenvalue weighted by Gasteiger charge is -2.48. The van der Waals surface area contributed by atoms with Crippen LogP contribution in [0, 0.1) is 5.92 Å². The van der Waals surface area contributed by atoms with Gasteiger partial charge in [-0.05, 0) is 24.0 Å². The van der Waals surface area contributed by atoms with Crippen LogP contribution >= 0.6 is 0 Å². The summed E-state index contributed by atoms with van der Waals surface area (Å²) in [5.41, 5.74) is 2.80. The van der Waals surface area contributed by atoms with Gasteiger partial charge in [0.1, 0.15) is 0 Å². The molecule has 0 saturated carbocycles. The molecule has 128 valence electrons. The molecule has 1 aliphatic rings. The first kappa shape index (κ1) is 17.2. The van der Waals surface area contributed by atoms with Gasteiger partial charge in [-0.2, -0.15) is 0 Å². The Bertz CT molecular complexity index is 625. The molecule has 0 aromatic heterocycles. The summed E-state index contributed by atoms with van der Waals surface area (Å²) in [7, 11) is 0. The van der Waals surface area contributed by atoms with E-state index in [1.807, 2.05) is 0 Å². The van der Waals surface area contributed by atoms with Crippen LogP contribution in [-0.2, 0) is 12.1 Å². The summed E-state index contributed by atoms with van der Waals surface area (Å²) < 4.78 is 0. The molecular weight excluding hydrogens is 292 g/mol. The molecule has 1 aliphatic heterocycles. The van der Waals surface area contributed by atoms with E-state index in [0.29, 0.717) is 12.0 Å². The van der Waals surface area contributed by atoms with E-state index in [1.165, 1.54) is 17.5 Å². The van der Waals surface area contributed by atoms with Crippen molar-refractivity contribution in [3.8, 4) is 0 Å². The highest BCUT2D eigenvalue weighted by atomic mass is 15.3. The number of rotatable bonds is 5. The number of nitrogens with zero attached hydrogens (tertiary/aromatic N) is 1. The fraction of sp³-hybridized carbons (Fsp3) is 0.455. The van der Waals surface area contributed by atoms with Crippen molar-refractivity contribution >= 4 is 0 Å². The highest BCUT2D eigenvalue weighted by molar-refractivity contribution is 5.25. The number of hydrogen-bond acceptors (Lipinski definition) is 2. The first-order valence-corrected chi connectivity index (χ1v) is 9.21. The van der Waals surface area contributed by atoms with E-state index in [0.717, 1.165) is 19.6 Å². The van der Waals surface area contributed by atoms with Gasteiger partial charge in [0.2, 0.25) is 0 Å². The second kappa shape index (κ2) is 7.50. The molecule has 2 aromatic rings. The average molecular weight is 322 g/mol. The van der Waals surface area contributed by atoms with Gasteiger partial charge in [0.05, 0.1) is 5.54 Å². The first-order chi connectivity index (χ1) is 11.6. The molecule has 3 rings (SSSR count). The van der Waals surface area contributed by atoms with Gasteiger partial charge in [-0.25, -0.2) is 0 Å². The summed E-state index contributed by atoms with van der Waals surface area (Å²) in [5, 5.41) is 3.85. The highest BCUT2D eigenvalue weighted by Gasteiger charge is 2.38. The Morgan fingerprint density at radius 2 is 1.71 bits per heavy atom. The predicted molar refractivity (Wildman–Crippen MR) is 102 cm³/mol. The minimum Gasteiger partial charge on any atom is -0.305 e. The summed E-state index contributed by atoms with van der Waals surface area (Å²) in [6.45, 7) is 10.1. The lowest BCUT2D eigenvalue weighted by molar-refractivity contribution is 0.0490. The van der Waals surface area contributed by atoms with Gasteiger partial charge < -0.3 is 5.32 Å². The first-order valence-electron chi connectivity index (χ1n) is 9.21. The normalized spacial score (nSPS) is 26.2. The zero-order valence-corrected chi connectivity index (χ0v) is 15.2. The Labute approximate surface area is 146 Å². The Balaban J connectivity index is 1.84. The van der Waals surface area contributed by atoms with Crippen LogP contribution in [0.15, 0.2) is 60.7 Å². The van der Waals surface area contributed by atoms with Crippen molar-refractivity contribution in [3.63, 3.8) is 0 Å². The lowest BCUT2D eigenvalue weighted by atomic mass is 9.85. The molecule has 2 aromatic carbocycles. The van der Waals surface area contributed by atoms with Crippen molar-refractivity contribution in [2.24, 2.45) is 5.92 Å². The van der Waals surface area contributed by atoms with E-state index in [9.17, 15) is 0 Å². The molecular formula is C22H30N2. The van der Waals surface area contributed by atoms with Crippen LogP contribution in [0.1, 0.15) is 38.3 Å². The monoisotopic (exact) mass is 322 g/mol. The third-order valence-corrected chi connectivity index (χ3v) is 5.63. The van der Waals surface area contributed by atoms with Gasteiger partial charge in [-0.15, -0.1) is 0 Å². The Kier molecular flexibility index (Phi) is 5.37. The molecule has 0 aliphatic carbocycles. The molecule has 24 heavy (non-hydrogen) atoms. The van der Waals surface area contributed by atoms with Crippen molar-refractivity contribution in [3.05, 3.63) is 71.8 Å². The van der Waals surface area contributed by atoms with Crippen molar-refractivity contribution < 1.29 is 0 Å². The summed E-state index contributed by atoms with van der Waals surface area (Å²) in [5.74, 6) is 0.696. The maximum absolute atomic E-state index is 3.85. The van der Waals surface area contributed by atoms with Gasteiger partial charge in [-0.3, -0.25) is 4.90 Å². The van der Waals surface area contributed by atoms with Crippen LogP contribution in [0.25, 0.3) is 0 Å². The van der Waals surface area contributed by atoms with Crippen LogP contribution in [0.5, 0.6) is 0 Å². The van der Waals surface area contributed by atoms with Crippen molar-refractivity contribution in [1.29, 1.82) is 0 Å². The maximum atomic E-state index is 3.85. The van der Waals surface area contributed by atoms with E-state index < -0.39 is 0 Å². The van der Waals surface area contributed by atoms with Gasteiger partial charge >= 0.3 is 0 Å². The summed E-state index contributed by atoms with van der Waals surface area (Å²) >= 11 is 0. The number of hydrogen-bond donors (Lipinski definition) is 1. The lowest BCUT2D eigenvalue weighted by Crippen LogP contribution is -2.62. The fourth-order valence-electron chi connectivity index (χ4n) is 3.86. The van der Waals surface area contributed by atoms with E-state index in [2.05, 4.69) is 91.7 Å².